The molecule has 20 heavy (non-hydrogen) atoms. The van der Waals surface area contributed by atoms with Gasteiger partial charge >= 0.3 is 5.97 Å². The molecule has 0 saturated heterocycles. The lowest BCUT2D eigenvalue weighted by Crippen LogP contribution is -2.22. The summed E-state index contributed by atoms with van der Waals surface area (Å²) in [6.07, 6.45) is 1.25. The van der Waals surface area contributed by atoms with E-state index in [1.54, 1.807) is 25.1 Å². The van der Waals surface area contributed by atoms with Crippen LogP contribution in [0.5, 0.6) is 0 Å². The summed E-state index contributed by atoms with van der Waals surface area (Å²) in [6, 6.07) is 5.16. The molecule has 0 aliphatic heterocycles. The molecule has 0 radical (unpaired) electrons. The van der Waals surface area contributed by atoms with Gasteiger partial charge in [0.15, 0.2) is 0 Å². The Morgan fingerprint density at radius 2 is 2.10 bits per heavy atom. The van der Waals surface area contributed by atoms with Gasteiger partial charge in [0.25, 0.3) is 0 Å². The predicted molar refractivity (Wildman–Crippen MR) is 78.6 cm³/mol. The van der Waals surface area contributed by atoms with Gasteiger partial charge in [0.05, 0.1) is 12.7 Å². The molecule has 0 fully saturated rings. The highest BCUT2D eigenvalue weighted by Crippen LogP contribution is 2.20. The number of esters is 1. The van der Waals surface area contributed by atoms with Crippen molar-refractivity contribution in [3.8, 4) is 0 Å². The lowest BCUT2D eigenvalue weighted by molar-refractivity contribution is -0.117. The molecule has 0 saturated carbocycles. The molecule has 0 aliphatic rings. The van der Waals surface area contributed by atoms with Crippen LogP contribution in [-0.4, -0.2) is 25.5 Å². The number of hydrogen-bond donors (Lipinski definition) is 2. The van der Waals surface area contributed by atoms with E-state index >= 15 is 0 Å². The van der Waals surface area contributed by atoms with Crippen LogP contribution in [0.4, 0.5) is 5.69 Å². The van der Waals surface area contributed by atoms with Gasteiger partial charge in [0.1, 0.15) is 0 Å². The van der Waals surface area contributed by atoms with Gasteiger partial charge in [-0.05, 0) is 37.1 Å². The van der Waals surface area contributed by atoms with Crippen molar-refractivity contribution in [2.45, 2.75) is 26.7 Å². The summed E-state index contributed by atoms with van der Waals surface area (Å²) in [6.45, 7) is 4.28. The van der Waals surface area contributed by atoms with E-state index in [0.717, 1.165) is 6.42 Å². The van der Waals surface area contributed by atoms with E-state index in [0.29, 0.717) is 29.8 Å². The summed E-state index contributed by atoms with van der Waals surface area (Å²) in [5.41, 5.74) is 7.38. The zero-order valence-corrected chi connectivity index (χ0v) is 12.2. The predicted octanol–water partition coefficient (Wildman–Crippen LogP) is 2.10. The molecule has 110 valence electrons. The highest BCUT2D eigenvalue weighted by molar-refractivity contribution is 5.96. The fourth-order valence-electron chi connectivity index (χ4n) is 1.96. The molecule has 1 amide bonds. The Kier molecular flexibility index (Phi) is 6.18. The number of nitrogens with two attached hydrogens (primary N) is 1. The Labute approximate surface area is 119 Å². The Hall–Kier alpha value is -1.88. The van der Waals surface area contributed by atoms with Crippen molar-refractivity contribution in [3.63, 3.8) is 0 Å². The zero-order chi connectivity index (χ0) is 15.1. The van der Waals surface area contributed by atoms with Crippen LogP contribution in [0.25, 0.3) is 0 Å². The number of ether oxygens (including phenoxy) is 1. The molecule has 1 aromatic carbocycles. The summed E-state index contributed by atoms with van der Waals surface area (Å²) in [5, 5.41) is 2.83. The SMILES string of the molecule is CCC(CN)CC(=O)Nc1cccc(C(=O)OC)c1C. The van der Waals surface area contributed by atoms with Gasteiger partial charge < -0.3 is 15.8 Å². The van der Waals surface area contributed by atoms with Gasteiger partial charge in [0, 0.05) is 12.1 Å². The summed E-state index contributed by atoms with van der Waals surface area (Å²) in [5.74, 6) is -0.321. The molecule has 5 nitrogen and oxygen atoms in total. The van der Waals surface area contributed by atoms with Crippen LogP contribution >= 0.6 is 0 Å². The molecule has 0 aliphatic carbocycles. The quantitative estimate of drug-likeness (QED) is 0.781. The maximum Gasteiger partial charge on any atom is 0.338 e. The number of nitrogens with one attached hydrogen (secondary N) is 1. The maximum atomic E-state index is 12.0. The van der Waals surface area contributed by atoms with Crippen molar-refractivity contribution in [1.82, 2.24) is 0 Å². The lowest BCUT2D eigenvalue weighted by atomic mass is 10.0. The monoisotopic (exact) mass is 278 g/mol. The number of carbonyl (C=O) groups is 2. The number of methoxy groups -OCH3 is 1. The Balaban J connectivity index is 2.83. The first kappa shape index (κ1) is 16.2. The average Bonchev–Trinajstić information content (AvgIpc) is 2.46. The Morgan fingerprint density at radius 3 is 2.65 bits per heavy atom. The van der Waals surface area contributed by atoms with Gasteiger partial charge in [0.2, 0.25) is 5.91 Å². The zero-order valence-electron chi connectivity index (χ0n) is 12.2. The third-order valence-corrected chi connectivity index (χ3v) is 3.40. The largest absolute Gasteiger partial charge is 0.465 e. The second-order valence-electron chi connectivity index (χ2n) is 4.73. The van der Waals surface area contributed by atoms with Crippen molar-refractivity contribution < 1.29 is 14.3 Å². The van der Waals surface area contributed by atoms with Gasteiger partial charge in [-0.25, -0.2) is 4.79 Å². The first-order valence-electron chi connectivity index (χ1n) is 6.71. The minimum atomic E-state index is -0.410. The van der Waals surface area contributed by atoms with Crippen LogP contribution in [0.1, 0.15) is 35.7 Å². The van der Waals surface area contributed by atoms with Crippen molar-refractivity contribution in [2.75, 3.05) is 19.0 Å². The smallest absolute Gasteiger partial charge is 0.338 e. The van der Waals surface area contributed by atoms with Gasteiger partial charge in [-0.2, -0.15) is 0 Å². The van der Waals surface area contributed by atoms with E-state index < -0.39 is 5.97 Å². The van der Waals surface area contributed by atoms with E-state index in [9.17, 15) is 9.59 Å². The van der Waals surface area contributed by atoms with Crippen LogP contribution in [0.3, 0.4) is 0 Å². The minimum absolute atomic E-state index is 0.0904. The van der Waals surface area contributed by atoms with Gasteiger partial charge in [-0.15, -0.1) is 0 Å². The molecule has 0 heterocycles. The van der Waals surface area contributed by atoms with Crippen molar-refractivity contribution in [1.29, 1.82) is 0 Å². The summed E-state index contributed by atoms with van der Waals surface area (Å²) < 4.78 is 4.71. The molecule has 3 N–H and O–H groups in total. The maximum absolute atomic E-state index is 12.0. The molecule has 0 spiro atoms. The number of benzene rings is 1. The standard InChI is InChI=1S/C15H22N2O3/c1-4-11(9-16)8-14(18)17-13-7-5-6-12(10(13)2)15(19)20-3/h5-7,11H,4,8-9,16H2,1-3H3,(H,17,18). The van der Waals surface area contributed by atoms with E-state index in [-0.39, 0.29) is 11.8 Å². The molecular formula is C15H22N2O3. The Bertz CT molecular complexity index is 482. The number of hydrogen-bond acceptors (Lipinski definition) is 4. The molecule has 0 aromatic heterocycles. The minimum Gasteiger partial charge on any atom is -0.465 e. The molecule has 1 unspecified atom stereocenters. The normalized spacial score (nSPS) is 11.8. The van der Waals surface area contributed by atoms with E-state index in [4.69, 9.17) is 10.5 Å². The van der Waals surface area contributed by atoms with Crippen LogP contribution in [0, 0.1) is 12.8 Å². The topological polar surface area (TPSA) is 81.4 Å². The highest BCUT2D eigenvalue weighted by atomic mass is 16.5. The molecule has 1 atom stereocenters. The van der Waals surface area contributed by atoms with E-state index in [1.807, 2.05) is 6.92 Å². The molecular weight excluding hydrogens is 256 g/mol. The number of carbonyl (C=O) groups excluding carboxylic acids is 2. The average molecular weight is 278 g/mol. The highest BCUT2D eigenvalue weighted by Gasteiger charge is 2.15. The summed E-state index contributed by atoms with van der Waals surface area (Å²) >= 11 is 0. The molecule has 1 rings (SSSR count). The van der Waals surface area contributed by atoms with Crippen LogP contribution in [0.15, 0.2) is 18.2 Å². The summed E-state index contributed by atoms with van der Waals surface area (Å²) in [7, 11) is 1.33. The van der Waals surface area contributed by atoms with Gasteiger partial charge in [-0.3, -0.25) is 4.79 Å². The molecule has 5 heteroatoms. The van der Waals surface area contributed by atoms with Crippen molar-refractivity contribution >= 4 is 17.6 Å². The van der Waals surface area contributed by atoms with E-state index in [1.165, 1.54) is 7.11 Å². The first-order valence-corrected chi connectivity index (χ1v) is 6.71. The third kappa shape index (κ3) is 4.06. The van der Waals surface area contributed by atoms with Crippen LogP contribution in [0.2, 0.25) is 0 Å². The second-order valence-corrected chi connectivity index (χ2v) is 4.73. The lowest BCUT2D eigenvalue weighted by Gasteiger charge is -2.14. The molecule has 1 aromatic rings. The third-order valence-electron chi connectivity index (χ3n) is 3.40. The first-order chi connectivity index (χ1) is 9.53. The second kappa shape index (κ2) is 7.65. The van der Waals surface area contributed by atoms with Gasteiger partial charge in [-0.1, -0.05) is 19.4 Å². The number of rotatable bonds is 6. The number of anilines is 1. The van der Waals surface area contributed by atoms with Crippen LogP contribution in [-0.2, 0) is 9.53 Å². The fraction of sp³-hybridized carbons (Fsp3) is 0.467. The fourth-order valence-corrected chi connectivity index (χ4v) is 1.96. The summed E-state index contributed by atoms with van der Waals surface area (Å²) in [4.78, 5) is 23.6. The number of amides is 1. The van der Waals surface area contributed by atoms with E-state index in [2.05, 4.69) is 5.32 Å². The van der Waals surface area contributed by atoms with Crippen molar-refractivity contribution in [3.05, 3.63) is 29.3 Å². The van der Waals surface area contributed by atoms with Crippen molar-refractivity contribution in [2.24, 2.45) is 11.7 Å². The Morgan fingerprint density at radius 1 is 1.40 bits per heavy atom. The molecule has 0 bridgehead atoms. The van der Waals surface area contributed by atoms with Crippen LogP contribution < -0.4 is 11.1 Å².